The molecule has 1 aliphatic heterocycles. The van der Waals surface area contributed by atoms with Crippen LogP contribution in [0, 0.1) is 19.8 Å². The van der Waals surface area contributed by atoms with Crippen molar-refractivity contribution in [3.05, 3.63) is 29.2 Å². The summed E-state index contributed by atoms with van der Waals surface area (Å²) in [5.74, 6) is 3.36. The molecule has 0 radical (unpaired) electrons. The van der Waals surface area contributed by atoms with Gasteiger partial charge in [0.2, 0.25) is 5.95 Å². The van der Waals surface area contributed by atoms with E-state index in [9.17, 15) is 0 Å². The van der Waals surface area contributed by atoms with Gasteiger partial charge in [-0.1, -0.05) is 6.92 Å². The summed E-state index contributed by atoms with van der Waals surface area (Å²) in [6, 6.07) is 0. The first-order valence-electron chi connectivity index (χ1n) is 8.84. The quantitative estimate of drug-likeness (QED) is 0.716. The first-order valence-corrected chi connectivity index (χ1v) is 8.84. The van der Waals surface area contributed by atoms with Gasteiger partial charge in [0.05, 0.1) is 11.4 Å². The molecular formula is C17H24N8. The van der Waals surface area contributed by atoms with Crippen LogP contribution in [-0.2, 0) is 19.9 Å². The highest BCUT2D eigenvalue weighted by Gasteiger charge is 2.23. The second-order valence-electron chi connectivity index (χ2n) is 7.04. The molecule has 1 atom stereocenters. The minimum Gasteiger partial charge on any atom is -0.339 e. The Morgan fingerprint density at radius 3 is 2.72 bits per heavy atom. The van der Waals surface area contributed by atoms with E-state index >= 15 is 0 Å². The van der Waals surface area contributed by atoms with E-state index in [0.717, 1.165) is 66.5 Å². The van der Waals surface area contributed by atoms with Crippen LogP contribution in [0.5, 0.6) is 0 Å². The summed E-state index contributed by atoms with van der Waals surface area (Å²) in [4.78, 5) is 16.0. The Bertz CT molecular complexity index is 870. The van der Waals surface area contributed by atoms with Crippen molar-refractivity contribution in [2.75, 3.05) is 18.0 Å². The Kier molecular flexibility index (Phi) is 3.89. The van der Waals surface area contributed by atoms with Gasteiger partial charge in [-0.05, 0) is 26.2 Å². The Morgan fingerprint density at radius 2 is 2.00 bits per heavy atom. The lowest BCUT2D eigenvalue weighted by molar-refractivity contribution is 0.656. The van der Waals surface area contributed by atoms with Gasteiger partial charge in [-0.15, -0.1) is 5.10 Å². The third-order valence-electron chi connectivity index (χ3n) is 4.87. The topological polar surface area (TPSA) is 77.0 Å². The molecule has 0 aliphatic carbocycles. The molecule has 4 heterocycles. The van der Waals surface area contributed by atoms with Crippen molar-refractivity contribution in [3.63, 3.8) is 0 Å². The number of rotatable bonds is 4. The molecular weight excluding hydrogens is 316 g/mol. The number of anilines is 1. The minimum atomic E-state index is 0.717. The monoisotopic (exact) mass is 340 g/mol. The Hall–Kier alpha value is -2.51. The number of aromatic nitrogens is 7. The molecule has 0 aromatic carbocycles. The van der Waals surface area contributed by atoms with Crippen LogP contribution in [0.2, 0.25) is 0 Å². The van der Waals surface area contributed by atoms with E-state index in [4.69, 9.17) is 4.98 Å². The van der Waals surface area contributed by atoms with E-state index in [2.05, 4.69) is 32.0 Å². The van der Waals surface area contributed by atoms with Crippen molar-refractivity contribution in [1.29, 1.82) is 0 Å². The van der Waals surface area contributed by atoms with E-state index in [1.54, 1.807) is 0 Å². The molecule has 4 rings (SSSR count). The van der Waals surface area contributed by atoms with E-state index in [-0.39, 0.29) is 0 Å². The van der Waals surface area contributed by atoms with Crippen molar-refractivity contribution < 1.29 is 0 Å². The third-order valence-corrected chi connectivity index (χ3v) is 4.87. The van der Waals surface area contributed by atoms with Gasteiger partial charge < -0.3 is 4.90 Å². The van der Waals surface area contributed by atoms with Crippen molar-refractivity contribution in [2.45, 2.75) is 40.0 Å². The van der Waals surface area contributed by atoms with Gasteiger partial charge in [0.25, 0.3) is 0 Å². The smallest absolute Gasteiger partial charge is 0.244 e. The van der Waals surface area contributed by atoms with E-state index in [1.165, 1.54) is 6.42 Å². The lowest BCUT2D eigenvalue weighted by Crippen LogP contribution is -2.20. The van der Waals surface area contributed by atoms with Gasteiger partial charge in [-0.3, -0.25) is 9.67 Å². The molecule has 0 saturated carbocycles. The number of fused-ring (bicyclic) bond motifs is 1. The number of hydrogen-bond donors (Lipinski definition) is 0. The first kappa shape index (κ1) is 16.0. The van der Waals surface area contributed by atoms with Crippen LogP contribution in [0.1, 0.15) is 36.4 Å². The van der Waals surface area contributed by atoms with Gasteiger partial charge in [0.1, 0.15) is 5.82 Å². The van der Waals surface area contributed by atoms with Crippen LogP contribution in [0.25, 0.3) is 5.65 Å². The second kappa shape index (κ2) is 6.09. The van der Waals surface area contributed by atoms with Crippen LogP contribution >= 0.6 is 0 Å². The summed E-state index contributed by atoms with van der Waals surface area (Å²) < 4.78 is 3.75. The van der Waals surface area contributed by atoms with Gasteiger partial charge in [-0.25, -0.2) is 9.50 Å². The Morgan fingerprint density at radius 1 is 1.16 bits per heavy atom. The van der Waals surface area contributed by atoms with Crippen molar-refractivity contribution in [1.82, 2.24) is 34.3 Å². The lowest BCUT2D eigenvalue weighted by Gasteiger charge is -2.11. The maximum Gasteiger partial charge on any atom is 0.244 e. The fourth-order valence-electron chi connectivity index (χ4n) is 3.34. The SMILES string of the molecule is Cc1ncc(C)n2nc(CCc3nc(N4CC[C@H](C)C4)nn3C)nc12. The summed E-state index contributed by atoms with van der Waals surface area (Å²) in [5.41, 5.74) is 2.72. The van der Waals surface area contributed by atoms with Crippen molar-refractivity contribution in [3.8, 4) is 0 Å². The molecule has 1 aliphatic rings. The van der Waals surface area contributed by atoms with Crippen LogP contribution in [0.15, 0.2) is 6.20 Å². The fourth-order valence-corrected chi connectivity index (χ4v) is 3.34. The fraction of sp³-hybridized carbons (Fsp3) is 0.588. The highest BCUT2D eigenvalue weighted by molar-refractivity contribution is 5.43. The van der Waals surface area contributed by atoms with Crippen LogP contribution < -0.4 is 4.90 Å². The molecule has 0 N–H and O–H groups in total. The molecule has 1 fully saturated rings. The maximum atomic E-state index is 4.73. The normalized spacial score (nSPS) is 17.8. The van der Waals surface area contributed by atoms with Crippen LogP contribution in [0.3, 0.4) is 0 Å². The zero-order valence-corrected chi connectivity index (χ0v) is 15.3. The number of hydrogen-bond acceptors (Lipinski definition) is 6. The summed E-state index contributed by atoms with van der Waals surface area (Å²) in [7, 11) is 1.96. The number of nitrogens with zero attached hydrogens (tertiary/aromatic N) is 8. The highest BCUT2D eigenvalue weighted by Crippen LogP contribution is 2.20. The largest absolute Gasteiger partial charge is 0.339 e. The molecule has 0 unspecified atom stereocenters. The van der Waals surface area contributed by atoms with Gasteiger partial charge in [-0.2, -0.15) is 10.1 Å². The molecule has 0 spiro atoms. The van der Waals surface area contributed by atoms with Crippen molar-refractivity contribution in [2.24, 2.45) is 13.0 Å². The zero-order valence-electron chi connectivity index (χ0n) is 15.3. The summed E-state index contributed by atoms with van der Waals surface area (Å²) >= 11 is 0. The minimum absolute atomic E-state index is 0.717. The van der Waals surface area contributed by atoms with Gasteiger partial charge >= 0.3 is 0 Å². The molecule has 8 heteroatoms. The Labute approximate surface area is 146 Å². The predicted molar refractivity (Wildman–Crippen MR) is 94.7 cm³/mol. The molecule has 0 bridgehead atoms. The predicted octanol–water partition coefficient (Wildman–Crippen LogP) is 1.50. The molecule has 1 saturated heterocycles. The second-order valence-corrected chi connectivity index (χ2v) is 7.04. The summed E-state index contributed by atoms with van der Waals surface area (Å²) in [6.45, 7) is 8.31. The third kappa shape index (κ3) is 2.96. The standard InChI is InChI=1S/C17H24N8/c1-11-7-8-24(10-11)17-20-15(23(4)22-17)6-5-14-19-16-13(3)18-9-12(2)25(16)21-14/h9,11H,5-8,10H2,1-4H3/t11-/m0/s1. The van der Waals surface area contributed by atoms with Crippen molar-refractivity contribution >= 4 is 11.6 Å². The summed E-state index contributed by atoms with van der Waals surface area (Å²) in [6.07, 6.45) is 4.55. The first-order chi connectivity index (χ1) is 12.0. The van der Waals surface area contributed by atoms with E-state index < -0.39 is 0 Å². The molecule has 132 valence electrons. The van der Waals surface area contributed by atoms with Gasteiger partial charge in [0, 0.05) is 39.2 Å². The lowest BCUT2D eigenvalue weighted by atomic mass is 10.2. The number of aryl methyl sites for hydroxylation is 5. The average molecular weight is 340 g/mol. The molecule has 25 heavy (non-hydrogen) atoms. The highest BCUT2D eigenvalue weighted by atomic mass is 15.4. The zero-order chi connectivity index (χ0) is 17.6. The molecule has 8 nitrogen and oxygen atoms in total. The molecule has 0 amide bonds. The Balaban J connectivity index is 1.51. The van der Waals surface area contributed by atoms with E-state index in [0.29, 0.717) is 0 Å². The van der Waals surface area contributed by atoms with Gasteiger partial charge in [0.15, 0.2) is 11.5 Å². The maximum absolute atomic E-state index is 4.73. The molecule has 3 aromatic heterocycles. The van der Waals surface area contributed by atoms with E-state index in [1.807, 2.05) is 36.3 Å². The van der Waals surface area contributed by atoms with Crippen LogP contribution in [0.4, 0.5) is 5.95 Å². The summed E-state index contributed by atoms with van der Waals surface area (Å²) in [5, 5.41) is 9.20. The van der Waals surface area contributed by atoms with Crippen LogP contribution in [-0.4, -0.2) is 47.4 Å². The average Bonchev–Trinajstić information content (AvgIpc) is 3.28. The molecule has 3 aromatic rings.